The van der Waals surface area contributed by atoms with Crippen LogP contribution >= 0.6 is 0 Å². The highest BCUT2D eigenvalue weighted by Gasteiger charge is 2.18. The van der Waals surface area contributed by atoms with Gasteiger partial charge in [0.2, 0.25) is 0 Å². The third-order valence-corrected chi connectivity index (χ3v) is 3.44. The van der Waals surface area contributed by atoms with Crippen LogP contribution in [0, 0.1) is 0 Å². The summed E-state index contributed by atoms with van der Waals surface area (Å²) < 4.78 is 27.7. The molecule has 0 aliphatic carbocycles. The number of sulfone groups is 1. The predicted molar refractivity (Wildman–Crippen MR) is 53.5 cm³/mol. The van der Waals surface area contributed by atoms with Crippen molar-refractivity contribution in [2.24, 2.45) is 0 Å². The van der Waals surface area contributed by atoms with Crippen molar-refractivity contribution >= 4 is 9.84 Å². The monoisotopic (exact) mass is 229 g/mol. The summed E-state index contributed by atoms with van der Waals surface area (Å²) >= 11 is 0. The number of rotatable bonds is 1. The molecule has 0 bridgehead atoms. The van der Waals surface area contributed by atoms with Crippen LogP contribution in [0.15, 0.2) is 15.8 Å². The van der Waals surface area contributed by atoms with E-state index >= 15 is 0 Å². The maximum atomic E-state index is 11.5. The SMILES string of the molecule is CS(=O)(=O)c1cc2c([nH]c1=O)CCOC2. The van der Waals surface area contributed by atoms with E-state index in [4.69, 9.17) is 4.74 Å². The number of nitrogens with one attached hydrogen (secondary N) is 1. The Morgan fingerprint density at radius 3 is 2.87 bits per heavy atom. The Kier molecular flexibility index (Phi) is 2.40. The molecule has 15 heavy (non-hydrogen) atoms. The first kappa shape index (κ1) is 10.4. The van der Waals surface area contributed by atoms with Gasteiger partial charge in [0.25, 0.3) is 5.56 Å². The molecule has 0 radical (unpaired) electrons. The van der Waals surface area contributed by atoms with Gasteiger partial charge in [-0.1, -0.05) is 0 Å². The molecule has 0 saturated heterocycles. The van der Waals surface area contributed by atoms with Gasteiger partial charge in [-0.3, -0.25) is 4.79 Å². The van der Waals surface area contributed by atoms with E-state index in [0.717, 1.165) is 17.5 Å². The first-order valence-electron chi connectivity index (χ1n) is 4.51. The van der Waals surface area contributed by atoms with Crippen LogP contribution in [0.2, 0.25) is 0 Å². The molecule has 1 aromatic heterocycles. The van der Waals surface area contributed by atoms with Gasteiger partial charge in [-0.25, -0.2) is 8.42 Å². The standard InChI is InChI=1S/C9H11NO4S/c1-15(12,13)8-4-6-5-14-3-2-7(6)10-9(8)11/h4H,2-3,5H2,1H3,(H,10,11). The minimum absolute atomic E-state index is 0.188. The fourth-order valence-corrected chi connectivity index (χ4v) is 2.32. The van der Waals surface area contributed by atoms with Gasteiger partial charge in [-0.05, 0) is 11.6 Å². The van der Waals surface area contributed by atoms with E-state index in [0.29, 0.717) is 19.6 Å². The molecule has 0 atom stereocenters. The lowest BCUT2D eigenvalue weighted by atomic mass is 10.1. The zero-order chi connectivity index (χ0) is 11.1. The second-order valence-electron chi connectivity index (χ2n) is 3.54. The van der Waals surface area contributed by atoms with Gasteiger partial charge in [0.05, 0.1) is 13.2 Å². The molecule has 1 aliphatic heterocycles. The van der Waals surface area contributed by atoms with Gasteiger partial charge >= 0.3 is 0 Å². The molecular formula is C9H11NO4S. The largest absolute Gasteiger partial charge is 0.376 e. The van der Waals surface area contributed by atoms with Gasteiger partial charge in [-0.2, -0.15) is 0 Å². The molecule has 0 amide bonds. The van der Waals surface area contributed by atoms with Crippen molar-refractivity contribution < 1.29 is 13.2 Å². The quantitative estimate of drug-likeness (QED) is 0.726. The molecule has 0 aromatic carbocycles. The predicted octanol–water partition coefficient (Wildman–Crippen LogP) is -0.149. The third kappa shape index (κ3) is 1.95. The lowest BCUT2D eigenvalue weighted by Crippen LogP contribution is -2.23. The molecule has 0 unspecified atom stereocenters. The fourth-order valence-electron chi connectivity index (χ4n) is 1.57. The Hall–Kier alpha value is -1.14. The molecule has 1 N–H and O–H groups in total. The molecule has 0 saturated carbocycles. The molecule has 2 rings (SSSR count). The fraction of sp³-hybridized carbons (Fsp3) is 0.444. The van der Waals surface area contributed by atoms with Crippen molar-refractivity contribution in [1.29, 1.82) is 0 Å². The Morgan fingerprint density at radius 1 is 1.47 bits per heavy atom. The number of hydrogen-bond donors (Lipinski definition) is 1. The van der Waals surface area contributed by atoms with Gasteiger partial charge < -0.3 is 9.72 Å². The lowest BCUT2D eigenvalue weighted by Gasteiger charge is -2.16. The molecule has 0 spiro atoms. The van der Waals surface area contributed by atoms with E-state index in [2.05, 4.69) is 4.98 Å². The van der Waals surface area contributed by atoms with E-state index < -0.39 is 15.4 Å². The first-order chi connectivity index (χ1) is 6.98. The zero-order valence-electron chi connectivity index (χ0n) is 8.24. The minimum Gasteiger partial charge on any atom is -0.376 e. The van der Waals surface area contributed by atoms with Crippen LogP contribution in [0.3, 0.4) is 0 Å². The van der Waals surface area contributed by atoms with Crippen LogP contribution in [0.4, 0.5) is 0 Å². The lowest BCUT2D eigenvalue weighted by molar-refractivity contribution is 0.109. The number of aromatic amines is 1. The summed E-state index contributed by atoms with van der Waals surface area (Å²) in [6.45, 7) is 0.912. The second-order valence-corrected chi connectivity index (χ2v) is 5.53. The highest BCUT2D eigenvalue weighted by Crippen LogP contribution is 2.15. The Morgan fingerprint density at radius 2 is 2.20 bits per heavy atom. The molecule has 1 aromatic rings. The van der Waals surface area contributed by atoms with Crippen molar-refractivity contribution in [1.82, 2.24) is 4.98 Å². The maximum absolute atomic E-state index is 11.5. The van der Waals surface area contributed by atoms with Crippen molar-refractivity contribution in [3.8, 4) is 0 Å². The smallest absolute Gasteiger partial charge is 0.266 e. The highest BCUT2D eigenvalue weighted by molar-refractivity contribution is 7.90. The summed E-state index contributed by atoms with van der Waals surface area (Å²) in [4.78, 5) is 13.9. The van der Waals surface area contributed by atoms with Gasteiger partial charge in [-0.15, -0.1) is 0 Å². The van der Waals surface area contributed by atoms with Crippen LogP contribution in [0.5, 0.6) is 0 Å². The van der Waals surface area contributed by atoms with Crippen LogP contribution in [0.25, 0.3) is 0 Å². The Bertz CT molecular complexity index is 544. The number of ether oxygens (including phenoxy) is 1. The van der Waals surface area contributed by atoms with Crippen molar-refractivity contribution in [2.45, 2.75) is 17.9 Å². The molecular weight excluding hydrogens is 218 g/mol. The van der Waals surface area contributed by atoms with E-state index in [1.807, 2.05) is 0 Å². The summed E-state index contributed by atoms with van der Waals surface area (Å²) in [6.07, 6.45) is 1.64. The Balaban J connectivity index is 2.65. The normalized spacial score (nSPS) is 16.1. The van der Waals surface area contributed by atoms with Crippen LogP contribution in [-0.2, 0) is 27.6 Å². The van der Waals surface area contributed by atoms with E-state index in [1.165, 1.54) is 6.07 Å². The summed E-state index contributed by atoms with van der Waals surface area (Å²) in [5.41, 5.74) is 0.984. The van der Waals surface area contributed by atoms with Crippen LogP contribution < -0.4 is 5.56 Å². The van der Waals surface area contributed by atoms with Crippen LogP contribution in [-0.4, -0.2) is 26.3 Å². The number of fused-ring (bicyclic) bond motifs is 1. The summed E-state index contributed by atoms with van der Waals surface area (Å²) in [5.74, 6) is 0. The van der Waals surface area contributed by atoms with Gasteiger partial charge in [0.15, 0.2) is 9.84 Å². The average molecular weight is 229 g/mol. The van der Waals surface area contributed by atoms with E-state index in [-0.39, 0.29) is 4.90 Å². The number of pyridine rings is 1. The molecule has 82 valence electrons. The Labute approximate surface area is 87.0 Å². The zero-order valence-corrected chi connectivity index (χ0v) is 9.06. The average Bonchev–Trinajstić information content (AvgIpc) is 2.15. The highest BCUT2D eigenvalue weighted by atomic mass is 32.2. The summed E-state index contributed by atoms with van der Waals surface area (Å²) in [6, 6.07) is 1.41. The molecule has 1 aliphatic rings. The van der Waals surface area contributed by atoms with E-state index in [9.17, 15) is 13.2 Å². The number of aromatic nitrogens is 1. The van der Waals surface area contributed by atoms with Crippen molar-refractivity contribution in [3.05, 3.63) is 27.7 Å². The number of hydrogen-bond acceptors (Lipinski definition) is 4. The van der Waals surface area contributed by atoms with Crippen LogP contribution in [0.1, 0.15) is 11.3 Å². The van der Waals surface area contributed by atoms with Crippen molar-refractivity contribution in [3.63, 3.8) is 0 Å². The minimum atomic E-state index is -3.47. The topological polar surface area (TPSA) is 76.2 Å². The van der Waals surface area contributed by atoms with Gasteiger partial charge in [0, 0.05) is 18.4 Å². The third-order valence-electron chi connectivity index (χ3n) is 2.33. The number of H-pyrrole nitrogens is 1. The van der Waals surface area contributed by atoms with E-state index in [1.54, 1.807) is 0 Å². The summed E-state index contributed by atoms with van der Waals surface area (Å²) in [7, 11) is -3.47. The maximum Gasteiger partial charge on any atom is 0.266 e. The molecule has 2 heterocycles. The molecule has 5 nitrogen and oxygen atoms in total. The van der Waals surface area contributed by atoms with Gasteiger partial charge in [0.1, 0.15) is 4.90 Å². The first-order valence-corrected chi connectivity index (χ1v) is 6.40. The molecule has 0 fully saturated rings. The summed E-state index contributed by atoms with van der Waals surface area (Å²) in [5, 5.41) is 0. The molecule has 6 heteroatoms. The van der Waals surface area contributed by atoms with Crippen molar-refractivity contribution in [2.75, 3.05) is 12.9 Å². The second kappa shape index (κ2) is 3.46.